The molecule has 21 heteroatoms. The molecule has 278 valence electrons. The van der Waals surface area contributed by atoms with Crippen LogP contribution in [0.25, 0.3) is 0 Å². The number of amides is 1. The molecule has 2 saturated heterocycles. The lowest BCUT2D eigenvalue weighted by Gasteiger charge is -2.49. The van der Waals surface area contributed by atoms with E-state index < -0.39 is 115 Å². The number of carbonyl (C=O) groups excluding carboxylic acids is 1. The fourth-order valence-corrected chi connectivity index (χ4v) is 6.37. The van der Waals surface area contributed by atoms with Crippen molar-refractivity contribution >= 4 is 11.9 Å². The average molecular weight is 698 g/mol. The topological polar surface area (TPSA) is 363 Å². The number of nitrogens with two attached hydrogens (primary N) is 3. The van der Waals surface area contributed by atoms with E-state index >= 15 is 0 Å². The van der Waals surface area contributed by atoms with Crippen LogP contribution in [0.3, 0.4) is 0 Å². The Balaban J connectivity index is 1.54. The van der Waals surface area contributed by atoms with E-state index in [1.165, 1.54) is 14.0 Å². The fourth-order valence-electron chi connectivity index (χ4n) is 6.37. The highest BCUT2D eigenvalue weighted by Gasteiger charge is 2.61. The molecule has 0 spiro atoms. The summed E-state index contributed by atoms with van der Waals surface area (Å²) in [6.45, 7) is 0.415. The molecule has 0 aromatic rings. The average Bonchev–Trinajstić information content (AvgIpc) is 3.67. The number of aliphatic hydroxyl groups is 9. The quantitative estimate of drug-likeness (QED) is 0.0627. The second-order valence-corrected chi connectivity index (χ2v) is 13.2. The van der Waals surface area contributed by atoms with Gasteiger partial charge in [0.1, 0.15) is 54.4 Å². The van der Waals surface area contributed by atoms with Crippen molar-refractivity contribution in [3.05, 3.63) is 0 Å². The van der Waals surface area contributed by atoms with Crippen LogP contribution in [0.15, 0.2) is 4.99 Å². The summed E-state index contributed by atoms with van der Waals surface area (Å²) in [5.74, 6) is -1.22. The van der Waals surface area contributed by atoms with E-state index in [0.29, 0.717) is 0 Å². The van der Waals surface area contributed by atoms with Crippen LogP contribution in [0.4, 0.5) is 0 Å². The number of hydrogen-bond donors (Lipinski definition) is 15. The van der Waals surface area contributed by atoms with E-state index in [4.69, 9.17) is 41.3 Å². The molecule has 0 radical (unpaired) electrons. The summed E-state index contributed by atoms with van der Waals surface area (Å²) in [7, 11) is 1.51. The van der Waals surface area contributed by atoms with Crippen LogP contribution < -0.4 is 33.2 Å². The molecular weight excluding hydrogens is 646 g/mol. The lowest BCUT2D eigenvalue weighted by atomic mass is 9.83. The Morgan fingerprint density at radius 2 is 1.69 bits per heavy atom. The van der Waals surface area contributed by atoms with E-state index in [1.54, 1.807) is 0 Å². The number of nitrogens with one attached hydrogen (secondary N) is 3. The Morgan fingerprint density at radius 1 is 1.02 bits per heavy atom. The molecule has 2 saturated carbocycles. The largest absolute Gasteiger partial charge is 0.394 e. The molecule has 0 aromatic carbocycles. The zero-order chi connectivity index (χ0) is 35.7. The standard InChI is InChI=1S/C27H51N7O14/c1-26(43)8-45-22(18(41)21(26)31-2)48-20-11(33-24(42)27(44)4-13(27)34-25(29)30)3-10(28)19(17(20)40)47-23-16(39)15(38)14(37)12(46-23)6-32-5-9(36)7-35/h9-23,31-32,35-41,43-44H,3-8,28H2,1-2H3,(H,33,42)(H4,29,30,34)/t9?,10-,11+,12+,13?,14+,15-,16+,17-,18+,19?,20-,21+,22+,23+,26-,27?/m0/s1. The Hall–Kier alpha value is -1.90. The second-order valence-electron chi connectivity index (χ2n) is 13.2. The zero-order valence-electron chi connectivity index (χ0n) is 26.6. The molecule has 21 nitrogen and oxygen atoms in total. The summed E-state index contributed by atoms with van der Waals surface area (Å²) >= 11 is 0. The Kier molecular flexibility index (Phi) is 12.6. The van der Waals surface area contributed by atoms with Crippen molar-refractivity contribution in [3.8, 4) is 0 Å². The molecule has 48 heavy (non-hydrogen) atoms. The highest BCUT2D eigenvalue weighted by Crippen LogP contribution is 2.40. The molecule has 1 amide bonds. The Labute approximate surface area is 276 Å². The molecule has 2 heterocycles. The van der Waals surface area contributed by atoms with E-state index in [9.17, 15) is 45.6 Å². The third-order valence-corrected chi connectivity index (χ3v) is 9.26. The highest BCUT2D eigenvalue weighted by molar-refractivity contribution is 5.90. The molecular formula is C27H51N7O14. The van der Waals surface area contributed by atoms with Gasteiger partial charge in [0.2, 0.25) is 0 Å². The van der Waals surface area contributed by atoms with Crippen molar-refractivity contribution in [2.75, 3.05) is 33.4 Å². The molecule has 4 unspecified atom stereocenters. The number of rotatable bonds is 13. The van der Waals surface area contributed by atoms with Crippen molar-refractivity contribution in [3.63, 3.8) is 0 Å². The van der Waals surface area contributed by atoms with Gasteiger partial charge in [0, 0.05) is 25.6 Å². The van der Waals surface area contributed by atoms with Crippen LogP contribution >= 0.6 is 0 Å². The smallest absolute Gasteiger partial charge is 0.254 e. The lowest BCUT2D eigenvalue weighted by Crippen LogP contribution is -2.70. The maximum absolute atomic E-state index is 13.2. The summed E-state index contributed by atoms with van der Waals surface area (Å²) in [5, 5.41) is 103. The highest BCUT2D eigenvalue weighted by atomic mass is 16.7. The number of nitrogens with zero attached hydrogens (tertiary/aromatic N) is 1. The third kappa shape index (κ3) is 8.34. The van der Waals surface area contributed by atoms with E-state index in [1.807, 2.05) is 0 Å². The number of carbonyl (C=O) groups is 1. The zero-order valence-corrected chi connectivity index (χ0v) is 26.6. The molecule has 0 aromatic heterocycles. The number of aliphatic hydroxyl groups excluding tert-OH is 7. The van der Waals surface area contributed by atoms with Crippen molar-refractivity contribution in [2.45, 2.75) is 123 Å². The SMILES string of the molecule is CN[C@@H]1[C@@H](O)[C@@H](O[C@H]2[C@H](NC(=O)C3(O)CC3N=C(N)N)C[C@H](N)C(O[C@H]3O[C@H](CNCC(O)CO)[C@@H](O)[C@H](O)[C@H]3O)[C@@H]2O)OC[C@]1(C)O. The lowest BCUT2D eigenvalue weighted by molar-refractivity contribution is -0.331. The van der Waals surface area contributed by atoms with E-state index in [0.717, 1.165) is 0 Å². The van der Waals surface area contributed by atoms with Gasteiger partial charge >= 0.3 is 0 Å². The summed E-state index contributed by atoms with van der Waals surface area (Å²) in [5.41, 5.74) is 13.7. The monoisotopic (exact) mass is 697 g/mol. The minimum atomic E-state index is -1.96. The van der Waals surface area contributed by atoms with Gasteiger partial charge in [0.15, 0.2) is 24.1 Å². The van der Waals surface area contributed by atoms with Crippen molar-refractivity contribution in [2.24, 2.45) is 22.2 Å². The summed E-state index contributed by atoms with van der Waals surface area (Å²) in [6, 6.07) is -4.07. The first-order chi connectivity index (χ1) is 22.4. The summed E-state index contributed by atoms with van der Waals surface area (Å²) in [4.78, 5) is 17.0. The summed E-state index contributed by atoms with van der Waals surface area (Å²) in [6.07, 6.45) is -16.8. The van der Waals surface area contributed by atoms with Gasteiger partial charge in [-0.05, 0) is 20.4 Å². The second kappa shape index (κ2) is 15.6. The third-order valence-electron chi connectivity index (χ3n) is 9.26. The molecule has 4 aliphatic rings. The van der Waals surface area contributed by atoms with Gasteiger partial charge in [-0.25, -0.2) is 4.99 Å². The van der Waals surface area contributed by atoms with Crippen LogP contribution in [0.5, 0.6) is 0 Å². The number of guanidine groups is 1. The van der Waals surface area contributed by atoms with E-state index in [-0.39, 0.29) is 38.5 Å². The number of aliphatic imine (C=N–C) groups is 1. The number of hydrogen-bond acceptors (Lipinski definition) is 18. The summed E-state index contributed by atoms with van der Waals surface area (Å²) < 4.78 is 23.2. The number of likely N-dealkylation sites (N-methyl/N-ethyl adjacent to an activating group) is 1. The first-order valence-corrected chi connectivity index (χ1v) is 15.7. The molecule has 4 fully saturated rings. The van der Waals surface area contributed by atoms with E-state index in [2.05, 4.69) is 20.9 Å². The maximum atomic E-state index is 13.2. The van der Waals surface area contributed by atoms with Gasteiger partial charge in [-0.1, -0.05) is 0 Å². The fraction of sp³-hybridized carbons (Fsp3) is 0.926. The molecule has 17 atom stereocenters. The predicted molar refractivity (Wildman–Crippen MR) is 161 cm³/mol. The predicted octanol–water partition coefficient (Wildman–Crippen LogP) is -9.08. The van der Waals surface area contributed by atoms with Gasteiger partial charge < -0.3 is 98.1 Å². The number of ether oxygens (including phenoxy) is 4. The van der Waals surface area contributed by atoms with Crippen LogP contribution in [-0.2, 0) is 23.7 Å². The van der Waals surface area contributed by atoms with Crippen LogP contribution in [0, 0.1) is 0 Å². The van der Waals surface area contributed by atoms with Gasteiger partial charge in [-0.3, -0.25) is 4.79 Å². The normalized spacial score (nSPS) is 46.8. The van der Waals surface area contributed by atoms with Gasteiger partial charge in [-0.15, -0.1) is 0 Å². The maximum Gasteiger partial charge on any atom is 0.254 e. The van der Waals surface area contributed by atoms with Gasteiger partial charge in [0.25, 0.3) is 5.91 Å². The molecule has 18 N–H and O–H groups in total. The molecule has 0 bridgehead atoms. The van der Waals surface area contributed by atoms with Crippen LogP contribution in [0.2, 0.25) is 0 Å². The van der Waals surface area contributed by atoms with Crippen molar-refractivity contribution < 1.29 is 69.7 Å². The van der Waals surface area contributed by atoms with Crippen molar-refractivity contribution in [1.82, 2.24) is 16.0 Å². The first-order valence-electron chi connectivity index (χ1n) is 15.7. The first kappa shape index (κ1) is 38.9. The van der Waals surface area contributed by atoms with Crippen LogP contribution in [-0.4, -0.2) is 194 Å². The van der Waals surface area contributed by atoms with Crippen molar-refractivity contribution in [1.29, 1.82) is 0 Å². The Bertz CT molecular complexity index is 1120. The van der Waals surface area contributed by atoms with Gasteiger partial charge in [0.05, 0.1) is 37.4 Å². The molecule has 2 aliphatic carbocycles. The molecule has 2 aliphatic heterocycles. The van der Waals surface area contributed by atoms with Gasteiger partial charge in [-0.2, -0.15) is 0 Å². The minimum absolute atomic E-state index is 0.0770. The molecule has 4 rings (SSSR count). The minimum Gasteiger partial charge on any atom is -0.394 e. The Morgan fingerprint density at radius 3 is 2.31 bits per heavy atom. The van der Waals surface area contributed by atoms with Crippen LogP contribution in [0.1, 0.15) is 19.8 Å².